The van der Waals surface area contributed by atoms with Crippen LogP contribution in [0.25, 0.3) is 0 Å². The van der Waals surface area contributed by atoms with E-state index >= 15 is 0 Å². The van der Waals surface area contributed by atoms with Crippen LogP contribution in [-0.4, -0.2) is 11.6 Å². The van der Waals surface area contributed by atoms with Crippen LogP contribution in [0.3, 0.4) is 0 Å². The number of hydrogen-bond acceptors (Lipinski definition) is 2. The first kappa shape index (κ1) is 14.9. The van der Waals surface area contributed by atoms with Gasteiger partial charge in [-0.2, -0.15) is 5.10 Å². The number of carbonyl (C=O) groups excluding carboxylic acids is 1. The average molecular weight is 396 g/mol. The summed E-state index contributed by atoms with van der Waals surface area (Å²) in [4.78, 5) is 12.0. The maximum atomic E-state index is 12.0. The maximum absolute atomic E-state index is 12.0. The Morgan fingerprint density at radius 1 is 1.10 bits per heavy atom. The minimum absolute atomic E-state index is 0.244. The number of nitrogens with zero attached hydrogens (tertiary/aromatic N) is 1. The van der Waals surface area contributed by atoms with Crippen LogP contribution >= 0.6 is 31.9 Å². The molecule has 0 spiro atoms. The first-order valence-corrected chi connectivity index (χ1v) is 7.51. The van der Waals surface area contributed by atoms with Gasteiger partial charge in [0.05, 0.1) is 11.3 Å². The molecule has 20 heavy (non-hydrogen) atoms. The third-order valence-corrected chi connectivity index (χ3v) is 3.87. The predicted octanol–water partition coefficient (Wildman–Crippen LogP) is 4.37. The van der Waals surface area contributed by atoms with Crippen LogP contribution in [0, 0.1) is 0 Å². The fraction of sp³-hybridized carbons (Fsp3) is 0.0667. The Labute approximate surface area is 134 Å². The number of hydrazone groups is 1. The lowest BCUT2D eigenvalue weighted by Gasteiger charge is -2.05. The molecule has 0 bridgehead atoms. The van der Waals surface area contributed by atoms with E-state index in [1.165, 1.54) is 0 Å². The molecule has 0 saturated heterocycles. The fourth-order valence-electron chi connectivity index (χ4n) is 1.62. The second-order valence-electron chi connectivity index (χ2n) is 4.13. The molecular formula is C15H12Br2N2O. The minimum atomic E-state index is -0.244. The third kappa shape index (κ3) is 3.77. The molecular weight excluding hydrogens is 384 g/mol. The molecule has 0 heterocycles. The van der Waals surface area contributed by atoms with Crippen molar-refractivity contribution >= 4 is 43.5 Å². The number of amides is 1. The van der Waals surface area contributed by atoms with Crippen LogP contribution in [0.5, 0.6) is 0 Å². The molecule has 0 aliphatic carbocycles. The molecule has 3 nitrogen and oxygen atoms in total. The van der Waals surface area contributed by atoms with E-state index in [4.69, 9.17) is 0 Å². The summed E-state index contributed by atoms with van der Waals surface area (Å²) in [6.07, 6.45) is 0. The van der Waals surface area contributed by atoms with E-state index in [9.17, 15) is 4.79 Å². The normalized spacial score (nSPS) is 11.2. The summed E-state index contributed by atoms with van der Waals surface area (Å²) < 4.78 is 1.72. The van der Waals surface area contributed by atoms with Crippen molar-refractivity contribution in [2.24, 2.45) is 5.10 Å². The van der Waals surface area contributed by atoms with E-state index in [0.29, 0.717) is 5.56 Å². The van der Waals surface area contributed by atoms with E-state index in [1.54, 1.807) is 6.07 Å². The van der Waals surface area contributed by atoms with Crippen LogP contribution in [0.15, 0.2) is 62.6 Å². The second kappa shape index (κ2) is 6.81. The highest BCUT2D eigenvalue weighted by Crippen LogP contribution is 2.16. The fourth-order valence-corrected chi connectivity index (χ4v) is 2.48. The van der Waals surface area contributed by atoms with Gasteiger partial charge in [0.1, 0.15) is 0 Å². The van der Waals surface area contributed by atoms with Crippen LogP contribution in [-0.2, 0) is 0 Å². The molecule has 5 heteroatoms. The molecule has 0 aromatic heterocycles. The van der Waals surface area contributed by atoms with Gasteiger partial charge < -0.3 is 0 Å². The molecule has 2 aromatic carbocycles. The summed E-state index contributed by atoms with van der Waals surface area (Å²) in [5, 5.41) is 4.13. The number of benzene rings is 2. The van der Waals surface area contributed by atoms with Gasteiger partial charge in [0, 0.05) is 8.95 Å². The van der Waals surface area contributed by atoms with Gasteiger partial charge in [0.15, 0.2) is 0 Å². The Kier molecular flexibility index (Phi) is 5.09. The number of carbonyl (C=O) groups is 1. The van der Waals surface area contributed by atoms with Crippen molar-refractivity contribution in [3.63, 3.8) is 0 Å². The highest BCUT2D eigenvalue weighted by molar-refractivity contribution is 9.10. The largest absolute Gasteiger partial charge is 0.272 e. The molecule has 0 aliphatic rings. The quantitative estimate of drug-likeness (QED) is 0.608. The smallest absolute Gasteiger partial charge is 0.267 e. The molecule has 0 radical (unpaired) electrons. The monoisotopic (exact) mass is 394 g/mol. The van der Waals surface area contributed by atoms with Gasteiger partial charge >= 0.3 is 0 Å². The zero-order chi connectivity index (χ0) is 14.5. The molecule has 2 rings (SSSR count). The lowest BCUT2D eigenvalue weighted by Crippen LogP contribution is -2.19. The van der Waals surface area contributed by atoms with Crippen LogP contribution in [0.4, 0.5) is 0 Å². The Hall–Kier alpha value is -1.46. The van der Waals surface area contributed by atoms with Crippen LogP contribution in [0.2, 0.25) is 0 Å². The maximum Gasteiger partial charge on any atom is 0.272 e. The second-order valence-corrected chi connectivity index (χ2v) is 5.90. The van der Waals surface area contributed by atoms with E-state index < -0.39 is 0 Å². The van der Waals surface area contributed by atoms with Gasteiger partial charge in [0.25, 0.3) is 5.91 Å². The number of halogens is 2. The molecule has 0 aliphatic heterocycles. The summed E-state index contributed by atoms with van der Waals surface area (Å²) >= 11 is 6.75. The average Bonchev–Trinajstić information content (AvgIpc) is 2.45. The Balaban J connectivity index is 2.13. The number of rotatable bonds is 3. The molecule has 102 valence electrons. The summed E-state index contributed by atoms with van der Waals surface area (Å²) in [7, 11) is 0. The van der Waals surface area contributed by atoms with E-state index in [-0.39, 0.29) is 5.91 Å². The molecule has 1 N–H and O–H groups in total. The summed E-state index contributed by atoms with van der Waals surface area (Å²) in [6.45, 7) is 1.85. The van der Waals surface area contributed by atoms with Gasteiger partial charge in [-0.15, -0.1) is 0 Å². The van der Waals surface area contributed by atoms with Crippen molar-refractivity contribution in [1.29, 1.82) is 0 Å². The van der Waals surface area contributed by atoms with E-state index in [1.807, 2.05) is 49.4 Å². The van der Waals surface area contributed by atoms with Crippen molar-refractivity contribution in [1.82, 2.24) is 5.43 Å². The Bertz CT molecular complexity index is 668. The van der Waals surface area contributed by atoms with Gasteiger partial charge in [-0.3, -0.25) is 4.79 Å². The van der Waals surface area contributed by atoms with Crippen molar-refractivity contribution < 1.29 is 4.79 Å². The number of nitrogens with one attached hydrogen (secondary N) is 1. The topological polar surface area (TPSA) is 41.5 Å². The first-order valence-electron chi connectivity index (χ1n) is 5.93. The molecule has 0 saturated carbocycles. The van der Waals surface area contributed by atoms with Gasteiger partial charge in [0.2, 0.25) is 0 Å². The SMILES string of the molecule is C/C(=N/NC(=O)c1ccccc1Br)c1cccc(Br)c1. The molecule has 1 amide bonds. The molecule has 0 atom stereocenters. The zero-order valence-corrected chi connectivity index (χ0v) is 13.9. The van der Waals surface area contributed by atoms with Crippen molar-refractivity contribution in [3.05, 3.63) is 68.6 Å². The van der Waals surface area contributed by atoms with Crippen molar-refractivity contribution in [3.8, 4) is 0 Å². The number of hydrogen-bond donors (Lipinski definition) is 1. The summed E-state index contributed by atoms with van der Waals surface area (Å²) in [6, 6.07) is 15.0. The standard InChI is InChI=1S/C15H12Br2N2O/c1-10(11-5-4-6-12(16)9-11)18-19-15(20)13-7-2-3-8-14(13)17/h2-9H,1H3,(H,19,20)/b18-10-. The van der Waals surface area contributed by atoms with E-state index in [2.05, 4.69) is 42.4 Å². The van der Waals surface area contributed by atoms with Crippen LogP contribution in [0.1, 0.15) is 22.8 Å². The van der Waals surface area contributed by atoms with E-state index in [0.717, 1.165) is 20.2 Å². The predicted molar refractivity (Wildman–Crippen MR) is 88.0 cm³/mol. The summed E-state index contributed by atoms with van der Waals surface area (Å²) in [5.41, 5.74) is 4.81. The first-order chi connectivity index (χ1) is 9.58. The van der Waals surface area contributed by atoms with Crippen LogP contribution < -0.4 is 5.43 Å². The summed E-state index contributed by atoms with van der Waals surface area (Å²) in [5.74, 6) is -0.244. The molecule has 0 fully saturated rings. The Morgan fingerprint density at radius 3 is 2.55 bits per heavy atom. The highest BCUT2D eigenvalue weighted by atomic mass is 79.9. The van der Waals surface area contributed by atoms with Gasteiger partial charge in [-0.25, -0.2) is 5.43 Å². The van der Waals surface area contributed by atoms with Crippen molar-refractivity contribution in [2.45, 2.75) is 6.92 Å². The zero-order valence-electron chi connectivity index (χ0n) is 10.7. The van der Waals surface area contributed by atoms with Crippen molar-refractivity contribution in [2.75, 3.05) is 0 Å². The van der Waals surface area contributed by atoms with Gasteiger partial charge in [-0.1, -0.05) is 40.2 Å². The molecule has 0 unspecified atom stereocenters. The third-order valence-electron chi connectivity index (χ3n) is 2.69. The Morgan fingerprint density at radius 2 is 1.85 bits per heavy atom. The lowest BCUT2D eigenvalue weighted by atomic mass is 10.1. The molecule has 2 aromatic rings. The van der Waals surface area contributed by atoms with Gasteiger partial charge in [-0.05, 0) is 52.7 Å². The minimum Gasteiger partial charge on any atom is -0.267 e. The lowest BCUT2D eigenvalue weighted by molar-refractivity contribution is 0.0954. The highest BCUT2D eigenvalue weighted by Gasteiger charge is 2.08.